The Morgan fingerprint density at radius 2 is 1.54 bits per heavy atom. The average molecular weight is 504 g/mol. The zero-order chi connectivity index (χ0) is 25.8. The minimum atomic E-state index is -0.476. The Hall–Kier alpha value is -3.20. The summed E-state index contributed by atoms with van der Waals surface area (Å²) in [5.41, 5.74) is 5.17. The summed E-state index contributed by atoms with van der Waals surface area (Å²) in [4.78, 5) is 26.4. The molecule has 2 aliphatic heterocycles. The molecule has 2 aromatic carbocycles. The number of hydrogen-bond donors (Lipinski definition) is 1. The van der Waals surface area contributed by atoms with Gasteiger partial charge in [0.2, 0.25) is 5.89 Å². The first-order valence-corrected chi connectivity index (χ1v) is 13.2. The van der Waals surface area contributed by atoms with Crippen molar-refractivity contribution in [2.24, 2.45) is 0 Å². The molecule has 2 fully saturated rings. The van der Waals surface area contributed by atoms with Crippen LogP contribution in [0, 0.1) is 13.8 Å². The van der Waals surface area contributed by atoms with Crippen LogP contribution in [-0.2, 0) is 6.54 Å². The number of aryl methyl sites for hydroxylation is 2. The fraction of sp³-hybridized carbons (Fsp3) is 0.448. The van der Waals surface area contributed by atoms with Crippen LogP contribution in [0.1, 0.15) is 39.2 Å². The first kappa shape index (κ1) is 25.4. The number of aromatic nitrogens is 1. The highest BCUT2D eigenvalue weighted by Gasteiger charge is 2.27. The summed E-state index contributed by atoms with van der Waals surface area (Å²) < 4.78 is 5.69. The van der Waals surface area contributed by atoms with Crippen LogP contribution in [0.4, 0.5) is 5.69 Å². The Kier molecular flexibility index (Phi) is 7.88. The number of anilines is 1. The lowest BCUT2D eigenvalue weighted by molar-refractivity contribution is 0.0671. The SMILES string of the molecule is Cc1cccc(C)c1N1CCN(C(=O)c2coc(CN3CCN(CC(O)c4ccccc4)CC3)n2)CC1. The zero-order valence-corrected chi connectivity index (χ0v) is 21.8. The number of carbonyl (C=O) groups excluding carboxylic acids is 1. The first-order chi connectivity index (χ1) is 18.0. The van der Waals surface area contributed by atoms with Crippen molar-refractivity contribution in [1.29, 1.82) is 0 Å². The van der Waals surface area contributed by atoms with Crippen LogP contribution in [0.2, 0.25) is 0 Å². The number of carbonyl (C=O) groups is 1. The summed E-state index contributed by atoms with van der Waals surface area (Å²) in [7, 11) is 0. The largest absolute Gasteiger partial charge is 0.447 e. The van der Waals surface area contributed by atoms with Gasteiger partial charge in [0.15, 0.2) is 5.69 Å². The summed E-state index contributed by atoms with van der Waals surface area (Å²) in [6.45, 7) is 12.0. The fourth-order valence-corrected chi connectivity index (χ4v) is 5.43. The topological polar surface area (TPSA) is 76.3 Å². The highest BCUT2D eigenvalue weighted by atomic mass is 16.3. The number of amides is 1. The minimum Gasteiger partial charge on any atom is -0.447 e. The molecule has 5 rings (SSSR count). The van der Waals surface area contributed by atoms with Crippen LogP contribution < -0.4 is 4.90 Å². The van der Waals surface area contributed by atoms with Gasteiger partial charge >= 0.3 is 0 Å². The second kappa shape index (κ2) is 11.5. The van der Waals surface area contributed by atoms with Crippen molar-refractivity contribution in [2.45, 2.75) is 26.5 Å². The Morgan fingerprint density at radius 3 is 2.22 bits per heavy atom. The maximum Gasteiger partial charge on any atom is 0.275 e. The van der Waals surface area contributed by atoms with Gasteiger partial charge in [-0.1, -0.05) is 48.5 Å². The van der Waals surface area contributed by atoms with E-state index in [1.54, 1.807) is 0 Å². The molecule has 8 nitrogen and oxygen atoms in total. The first-order valence-electron chi connectivity index (χ1n) is 13.2. The molecule has 37 heavy (non-hydrogen) atoms. The van der Waals surface area contributed by atoms with Gasteiger partial charge in [-0.3, -0.25) is 14.6 Å². The molecule has 1 N–H and O–H groups in total. The molecule has 1 amide bonds. The third-order valence-corrected chi connectivity index (χ3v) is 7.53. The van der Waals surface area contributed by atoms with Gasteiger partial charge in [0.25, 0.3) is 5.91 Å². The summed E-state index contributed by atoms with van der Waals surface area (Å²) in [6.07, 6.45) is 1.03. The second-order valence-electron chi connectivity index (χ2n) is 10.1. The van der Waals surface area contributed by atoms with E-state index in [9.17, 15) is 9.90 Å². The highest BCUT2D eigenvalue weighted by molar-refractivity contribution is 5.92. The molecule has 2 aliphatic rings. The molecule has 2 saturated heterocycles. The Morgan fingerprint density at radius 1 is 0.892 bits per heavy atom. The molecule has 8 heteroatoms. The molecule has 1 unspecified atom stereocenters. The van der Waals surface area contributed by atoms with Crippen LogP contribution in [-0.4, -0.2) is 89.6 Å². The van der Waals surface area contributed by atoms with Gasteiger partial charge in [0.1, 0.15) is 6.26 Å². The summed E-state index contributed by atoms with van der Waals surface area (Å²) >= 11 is 0. The fourth-order valence-electron chi connectivity index (χ4n) is 5.43. The standard InChI is InChI=1S/C29H37N5O3/c1-22-7-6-8-23(2)28(22)33-15-17-34(18-16-33)29(36)25-21-37-27(30-25)20-32-13-11-31(12-14-32)19-26(35)24-9-4-3-5-10-24/h3-10,21,26,35H,11-20H2,1-2H3. The maximum atomic E-state index is 13.1. The minimum absolute atomic E-state index is 0.0594. The van der Waals surface area contributed by atoms with E-state index in [1.165, 1.54) is 23.1 Å². The Bertz CT molecular complexity index is 1160. The lowest BCUT2D eigenvalue weighted by atomic mass is 10.1. The van der Waals surface area contributed by atoms with E-state index in [-0.39, 0.29) is 5.91 Å². The van der Waals surface area contributed by atoms with Crippen molar-refractivity contribution in [1.82, 2.24) is 19.7 Å². The summed E-state index contributed by atoms with van der Waals surface area (Å²) in [6, 6.07) is 16.2. The molecule has 0 saturated carbocycles. The van der Waals surface area contributed by atoms with Crippen LogP contribution in [0.25, 0.3) is 0 Å². The Balaban J connectivity index is 1.08. The van der Waals surface area contributed by atoms with Gasteiger partial charge in [0.05, 0.1) is 12.6 Å². The summed E-state index contributed by atoms with van der Waals surface area (Å²) in [5.74, 6) is 0.520. The number of rotatable bonds is 7. The van der Waals surface area contributed by atoms with E-state index in [1.807, 2.05) is 35.2 Å². The summed E-state index contributed by atoms with van der Waals surface area (Å²) in [5, 5.41) is 10.5. The van der Waals surface area contributed by atoms with Gasteiger partial charge in [-0.25, -0.2) is 4.98 Å². The lowest BCUT2D eigenvalue weighted by Gasteiger charge is -2.37. The van der Waals surface area contributed by atoms with Crippen LogP contribution in [0.3, 0.4) is 0 Å². The highest BCUT2D eigenvalue weighted by Crippen LogP contribution is 2.26. The molecule has 196 valence electrons. The number of aliphatic hydroxyl groups excluding tert-OH is 1. The van der Waals surface area contributed by atoms with E-state index in [2.05, 4.69) is 51.7 Å². The molecule has 0 spiro atoms. The molecule has 1 atom stereocenters. The van der Waals surface area contributed by atoms with Crippen molar-refractivity contribution < 1.29 is 14.3 Å². The van der Waals surface area contributed by atoms with Gasteiger partial charge in [-0.2, -0.15) is 0 Å². The predicted octanol–water partition coefficient (Wildman–Crippen LogP) is 3.11. The van der Waals surface area contributed by atoms with Gasteiger partial charge in [0, 0.05) is 64.6 Å². The number of β-amino-alcohol motifs (C(OH)–C–C–N with tert-alkyl or cyclic N) is 1. The van der Waals surface area contributed by atoms with Crippen molar-refractivity contribution >= 4 is 11.6 Å². The van der Waals surface area contributed by atoms with E-state index in [0.29, 0.717) is 37.8 Å². The van der Waals surface area contributed by atoms with Gasteiger partial charge in [-0.05, 0) is 30.5 Å². The smallest absolute Gasteiger partial charge is 0.275 e. The van der Waals surface area contributed by atoms with Crippen molar-refractivity contribution in [3.63, 3.8) is 0 Å². The predicted molar refractivity (Wildman–Crippen MR) is 144 cm³/mol. The third-order valence-electron chi connectivity index (χ3n) is 7.53. The number of oxazole rings is 1. The third kappa shape index (κ3) is 6.04. The number of piperazine rings is 2. The quantitative estimate of drug-likeness (QED) is 0.531. The van der Waals surface area contributed by atoms with E-state index in [4.69, 9.17) is 4.42 Å². The average Bonchev–Trinajstić information content (AvgIpc) is 3.38. The molecular weight excluding hydrogens is 466 g/mol. The maximum absolute atomic E-state index is 13.1. The molecule has 3 heterocycles. The van der Waals surface area contributed by atoms with E-state index in [0.717, 1.165) is 44.8 Å². The molecule has 3 aromatic rings. The van der Waals surface area contributed by atoms with Crippen molar-refractivity contribution in [2.75, 3.05) is 63.8 Å². The molecule has 0 radical (unpaired) electrons. The van der Waals surface area contributed by atoms with Crippen LogP contribution >= 0.6 is 0 Å². The van der Waals surface area contributed by atoms with Crippen molar-refractivity contribution in [3.05, 3.63) is 83.1 Å². The number of hydrogen-bond acceptors (Lipinski definition) is 7. The molecule has 0 bridgehead atoms. The lowest BCUT2D eigenvalue weighted by Crippen LogP contribution is -2.49. The van der Waals surface area contributed by atoms with E-state index >= 15 is 0 Å². The van der Waals surface area contributed by atoms with Crippen LogP contribution in [0.5, 0.6) is 0 Å². The second-order valence-corrected chi connectivity index (χ2v) is 10.1. The normalized spacial score (nSPS) is 18.2. The number of para-hydroxylation sites is 1. The molecule has 0 aliphatic carbocycles. The Labute approximate surface area is 219 Å². The number of benzene rings is 2. The number of nitrogens with zero attached hydrogens (tertiary/aromatic N) is 5. The van der Waals surface area contributed by atoms with Gasteiger partial charge < -0.3 is 19.3 Å². The van der Waals surface area contributed by atoms with Crippen molar-refractivity contribution in [3.8, 4) is 0 Å². The monoisotopic (exact) mass is 503 g/mol. The van der Waals surface area contributed by atoms with E-state index < -0.39 is 6.10 Å². The van der Waals surface area contributed by atoms with Crippen LogP contribution in [0.15, 0.2) is 59.2 Å². The zero-order valence-electron chi connectivity index (χ0n) is 21.8. The number of aliphatic hydroxyl groups is 1. The molecule has 1 aromatic heterocycles. The molecular formula is C29H37N5O3. The van der Waals surface area contributed by atoms with Gasteiger partial charge in [-0.15, -0.1) is 0 Å².